The summed E-state index contributed by atoms with van der Waals surface area (Å²) in [5, 5.41) is 15.7. The van der Waals surface area contributed by atoms with Gasteiger partial charge in [-0.2, -0.15) is 5.10 Å². The number of benzene rings is 1. The standard InChI is InChI=1S/C15H19N3O2/c1-9(2)10-5-6-14(18(3)4)11(7-10)12-8-13(15(19)20)17-16-12/h5-9H,1-4H3,(H,16,17)(H,19,20). The molecule has 0 aliphatic heterocycles. The molecule has 20 heavy (non-hydrogen) atoms. The number of carboxylic acid groups (broad SMARTS) is 1. The van der Waals surface area contributed by atoms with Crippen LogP contribution in [-0.2, 0) is 0 Å². The van der Waals surface area contributed by atoms with Gasteiger partial charge in [-0.3, -0.25) is 5.10 Å². The Labute approximate surface area is 118 Å². The summed E-state index contributed by atoms with van der Waals surface area (Å²) in [6, 6.07) is 7.77. The topological polar surface area (TPSA) is 69.2 Å². The number of carbonyl (C=O) groups is 1. The van der Waals surface area contributed by atoms with Crippen molar-refractivity contribution in [1.29, 1.82) is 0 Å². The average molecular weight is 273 g/mol. The first-order valence-corrected chi connectivity index (χ1v) is 6.50. The lowest BCUT2D eigenvalue weighted by Gasteiger charge is -2.18. The molecule has 1 heterocycles. The summed E-state index contributed by atoms with van der Waals surface area (Å²) in [6.45, 7) is 4.25. The zero-order chi connectivity index (χ0) is 14.9. The second-order valence-electron chi connectivity index (χ2n) is 5.30. The zero-order valence-electron chi connectivity index (χ0n) is 12.1. The van der Waals surface area contributed by atoms with Gasteiger partial charge >= 0.3 is 5.97 Å². The molecule has 0 bridgehead atoms. The molecule has 0 amide bonds. The van der Waals surface area contributed by atoms with Crippen LogP contribution in [0.5, 0.6) is 0 Å². The van der Waals surface area contributed by atoms with E-state index in [1.165, 1.54) is 5.56 Å². The van der Waals surface area contributed by atoms with Crippen LogP contribution < -0.4 is 4.90 Å². The number of aromatic nitrogens is 2. The van der Waals surface area contributed by atoms with E-state index in [1.54, 1.807) is 6.07 Å². The van der Waals surface area contributed by atoms with Crippen LogP contribution in [0.25, 0.3) is 11.3 Å². The second kappa shape index (κ2) is 5.36. The quantitative estimate of drug-likeness (QED) is 0.898. The highest BCUT2D eigenvalue weighted by Crippen LogP contribution is 2.32. The number of H-pyrrole nitrogens is 1. The van der Waals surface area contributed by atoms with E-state index in [4.69, 9.17) is 5.11 Å². The third kappa shape index (κ3) is 2.66. The van der Waals surface area contributed by atoms with E-state index in [1.807, 2.05) is 25.1 Å². The Bertz CT molecular complexity index is 630. The van der Waals surface area contributed by atoms with Crippen molar-refractivity contribution in [3.63, 3.8) is 0 Å². The van der Waals surface area contributed by atoms with Crippen molar-refractivity contribution >= 4 is 11.7 Å². The van der Waals surface area contributed by atoms with Crippen LogP contribution in [-0.4, -0.2) is 35.4 Å². The maximum absolute atomic E-state index is 11.0. The van der Waals surface area contributed by atoms with Crippen LogP contribution in [0, 0.1) is 0 Å². The molecule has 2 rings (SSSR count). The lowest BCUT2D eigenvalue weighted by molar-refractivity contribution is 0.0690. The van der Waals surface area contributed by atoms with Crippen molar-refractivity contribution in [2.45, 2.75) is 19.8 Å². The molecule has 0 aliphatic rings. The van der Waals surface area contributed by atoms with Crippen molar-refractivity contribution < 1.29 is 9.90 Å². The lowest BCUT2D eigenvalue weighted by atomic mass is 9.98. The highest BCUT2D eigenvalue weighted by molar-refractivity contribution is 5.88. The molecule has 0 saturated carbocycles. The van der Waals surface area contributed by atoms with Crippen LogP contribution in [0.1, 0.15) is 35.8 Å². The smallest absolute Gasteiger partial charge is 0.353 e. The Morgan fingerprint density at radius 2 is 2.00 bits per heavy atom. The Kier molecular flexibility index (Phi) is 3.79. The third-order valence-electron chi connectivity index (χ3n) is 3.25. The number of hydrogen-bond acceptors (Lipinski definition) is 3. The van der Waals surface area contributed by atoms with Gasteiger partial charge in [-0.25, -0.2) is 4.79 Å². The second-order valence-corrected chi connectivity index (χ2v) is 5.30. The molecule has 0 saturated heterocycles. The fraction of sp³-hybridized carbons (Fsp3) is 0.333. The number of anilines is 1. The molecule has 0 aliphatic carbocycles. The molecule has 2 N–H and O–H groups in total. The lowest BCUT2D eigenvalue weighted by Crippen LogP contribution is -2.10. The van der Waals surface area contributed by atoms with Gasteiger partial charge in [-0.15, -0.1) is 0 Å². The number of nitrogens with zero attached hydrogens (tertiary/aromatic N) is 2. The van der Waals surface area contributed by atoms with Gasteiger partial charge in [-0.1, -0.05) is 19.9 Å². The van der Waals surface area contributed by atoms with E-state index in [2.05, 4.69) is 36.2 Å². The summed E-state index contributed by atoms with van der Waals surface area (Å²) in [5.74, 6) is -0.599. The zero-order valence-corrected chi connectivity index (χ0v) is 12.1. The fourth-order valence-electron chi connectivity index (χ4n) is 2.08. The van der Waals surface area contributed by atoms with E-state index in [9.17, 15) is 4.79 Å². The van der Waals surface area contributed by atoms with Crippen molar-refractivity contribution in [3.8, 4) is 11.3 Å². The van der Waals surface area contributed by atoms with Gasteiger partial charge in [0, 0.05) is 25.3 Å². The Balaban J connectivity index is 2.56. The summed E-state index contributed by atoms with van der Waals surface area (Å²) < 4.78 is 0. The predicted octanol–water partition coefficient (Wildman–Crippen LogP) is 2.96. The summed E-state index contributed by atoms with van der Waals surface area (Å²) in [6.07, 6.45) is 0. The van der Waals surface area contributed by atoms with Gasteiger partial charge in [-0.05, 0) is 29.7 Å². The first-order chi connectivity index (χ1) is 9.40. The summed E-state index contributed by atoms with van der Waals surface area (Å²) in [4.78, 5) is 13.0. The molecule has 1 aromatic carbocycles. The highest BCUT2D eigenvalue weighted by Gasteiger charge is 2.15. The number of rotatable bonds is 4. The van der Waals surface area contributed by atoms with E-state index >= 15 is 0 Å². The molecular formula is C15H19N3O2. The van der Waals surface area contributed by atoms with Crippen LogP contribution in [0.3, 0.4) is 0 Å². The monoisotopic (exact) mass is 273 g/mol. The summed E-state index contributed by atoms with van der Waals surface area (Å²) in [5.41, 5.74) is 3.89. The average Bonchev–Trinajstić information content (AvgIpc) is 2.87. The number of nitrogens with one attached hydrogen (secondary N) is 1. The minimum absolute atomic E-state index is 0.0969. The van der Waals surface area contributed by atoms with Crippen LogP contribution in [0.4, 0.5) is 5.69 Å². The van der Waals surface area contributed by atoms with Crippen molar-refractivity contribution in [2.75, 3.05) is 19.0 Å². The van der Waals surface area contributed by atoms with Gasteiger partial charge in [0.2, 0.25) is 0 Å². The summed E-state index contributed by atoms with van der Waals surface area (Å²) in [7, 11) is 3.91. The van der Waals surface area contributed by atoms with E-state index in [0.717, 1.165) is 11.3 Å². The predicted molar refractivity (Wildman–Crippen MR) is 79.4 cm³/mol. The Morgan fingerprint density at radius 1 is 1.30 bits per heavy atom. The number of carboxylic acids is 1. The minimum Gasteiger partial charge on any atom is -0.477 e. The molecule has 5 nitrogen and oxygen atoms in total. The van der Waals surface area contributed by atoms with E-state index in [0.29, 0.717) is 11.6 Å². The molecule has 0 unspecified atom stereocenters. The Morgan fingerprint density at radius 3 is 2.50 bits per heavy atom. The number of aromatic carboxylic acids is 1. The molecule has 106 valence electrons. The molecule has 2 aromatic rings. The normalized spacial score (nSPS) is 10.8. The summed E-state index contributed by atoms with van der Waals surface area (Å²) >= 11 is 0. The van der Waals surface area contributed by atoms with Crippen molar-refractivity contribution in [2.24, 2.45) is 0 Å². The molecule has 0 radical (unpaired) electrons. The van der Waals surface area contributed by atoms with Crippen LogP contribution >= 0.6 is 0 Å². The van der Waals surface area contributed by atoms with Gasteiger partial charge in [0.1, 0.15) is 5.69 Å². The van der Waals surface area contributed by atoms with E-state index in [-0.39, 0.29) is 5.69 Å². The van der Waals surface area contributed by atoms with Crippen LogP contribution in [0.15, 0.2) is 24.3 Å². The maximum Gasteiger partial charge on any atom is 0.353 e. The molecule has 0 atom stereocenters. The molecule has 0 spiro atoms. The van der Waals surface area contributed by atoms with Gasteiger partial charge in [0.15, 0.2) is 0 Å². The van der Waals surface area contributed by atoms with Crippen LogP contribution in [0.2, 0.25) is 0 Å². The number of hydrogen-bond donors (Lipinski definition) is 2. The number of aromatic amines is 1. The third-order valence-corrected chi connectivity index (χ3v) is 3.25. The first-order valence-electron chi connectivity index (χ1n) is 6.50. The Hall–Kier alpha value is -2.30. The maximum atomic E-state index is 11.0. The molecule has 1 aromatic heterocycles. The van der Waals surface area contributed by atoms with E-state index < -0.39 is 5.97 Å². The highest BCUT2D eigenvalue weighted by atomic mass is 16.4. The molecule has 0 fully saturated rings. The minimum atomic E-state index is -1.00. The first kappa shape index (κ1) is 14.1. The molecule has 5 heteroatoms. The van der Waals surface area contributed by atoms with Gasteiger partial charge < -0.3 is 10.0 Å². The van der Waals surface area contributed by atoms with Gasteiger partial charge in [0.25, 0.3) is 0 Å². The fourth-order valence-corrected chi connectivity index (χ4v) is 2.08. The van der Waals surface area contributed by atoms with Gasteiger partial charge in [0.05, 0.1) is 5.69 Å². The SMILES string of the molecule is CC(C)c1ccc(N(C)C)c(-c2cc(C(=O)O)[nH]n2)c1. The molecular weight excluding hydrogens is 254 g/mol. The largest absolute Gasteiger partial charge is 0.477 e. The van der Waals surface area contributed by atoms with Crippen molar-refractivity contribution in [3.05, 3.63) is 35.5 Å². The van der Waals surface area contributed by atoms with Crippen molar-refractivity contribution in [1.82, 2.24) is 10.2 Å².